The summed E-state index contributed by atoms with van der Waals surface area (Å²) in [6.45, 7) is -0.955. The summed E-state index contributed by atoms with van der Waals surface area (Å²) in [5, 5.41) is 18.9. The van der Waals surface area contributed by atoms with Crippen molar-refractivity contribution < 1.29 is 32.5 Å². The summed E-state index contributed by atoms with van der Waals surface area (Å²) in [6.07, 6.45) is -4.47. The number of pyridine rings is 1. The Hall–Kier alpha value is -3.03. The van der Waals surface area contributed by atoms with Crippen LogP contribution >= 0.6 is 11.6 Å². The third kappa shape index (κ3) is 5.49. The van der Waals surface area contributed by atoms with Gasteiger partial charge in [-0.2, -0.15) is 5.26 Å². The van der Waals surface area contributed by atoms with Gasteiger partial charge in [0.1, 0.15) is 11.8 Å². The van der Waals surface area contributed by atoms with E-state index in [0.717, 1.165) is 16.8 Å². The highest BCUT2D eigenvalue weighted by molar-refractivity contribution is 6.31. The molecule has 0 spiro atoms. The topological polar surface area (TPSA) is 102 Å². The Kier molecular flexibility index (Phi) is 6.89. The largest absolute Gasteiger partial charge is 0.522 e. The molecule has 0 aliphatic carbocycles. The first-order chi connectivity index (χ1) is 13.6. The van der Waals surface area contributed by atoms with Crippen LogP contribution in [0.2, 0.25) is 5.02 Å². The molecule has 154 valence electrons. The van der Waals surface area contributed by atoms with Gasteiger partial charge in [-0.1, -0.05) is 11.6 Å². The molecule has 0 fully saturated rings. The van der Waals surface area contributed by atoms with Gasteiger partial charge in [0.25, 0.3) is 5.56 Å². The Labute approximate surface area is 167 Å². The van der Waals surface area contributed by atoms with Gasteiger partial charge in [0.15, 0.2) is 0 Å². The molecular weight excluding hydrogens is 417 g/mol. The molecule has 2 rings (SSSR count). The maximum absolute atomic E-state index is 12.5. The SMILES string of the molecule is COc1cn(C(CCOC(F)(F)F)C(=O)O)c(=O)cc1-c1cc(Cl)ccc1C#N. The first-order valence-corrected chi connectivity index (χ1v) is 8.39. The zero-order chi connectivity index (χ0) is 21.8. The summed E-state index contributed by atoms with van der Waals surface area (Å²) in [5.74, 6) is -1.49. The molecule has 1 heterocycles. The monoisotopic (exact) mass is 430 g/mol. The summed E-state index contributed by atoms with van der Waals surface area (Å²) >= 11 is 5.96. The average molecular weight is 431 g/mol. The van der Waals surface area contributed by atoms with Crippen molar-refractivity contribution in [1.82, 2.24) is 4.57 Å². The number of carbonyl (C=O) groups is 1. The summed E-state index contributed by atoms with van der Waals surface area (Å²) in [4.78, 5) is 24.0. The molecule has 0 radical (unpaired) electrons. The van der Waals surface area contributed by atoms with E-state index in [4.69, 9.17) is 16.3 Å². The van der Waals surface area contributed by atoms with Crippen molar-refractivity contribution in [2.75, 3.05) is 13.7 Å². The number of carboxylic acid groups (broad SMARTS) is 1. The number of rotatable bonds is 7. The van der Waals surface area contributed by atoms with Gasteiger partial charge in [-0.05, 0) is 18.2 Å². The molecule has 0 saturated heterocycles. The number of alkyl halides is 3. The van der Waals surface area contributed by atoms with E-state index in [-0.39, 0.29) is 27.5 Å². The predicted molar refractivity (Wildman–Crippen MR) is 95.7 cm³/mol. The molecule has 0 aliphatic rings. The molecule has 7 nitrogen and oxygen atoms in total. The normalized spacial score (nSPS) is 12.3. The Bertz CT molecular complexity index is 1010. The minimum Gasteiger partial charge on any atom is -0.495 e. The molecular formula is C18H14ClF3N2O5. The van der Waals surface area contributed by atoms with Crippen LogP contribution in [0.15, 0.2) is 35.3 Å². The van der Waals surface area contributed by atoms with Crippen molar-refractivity contribution in [1.29, 1.82) is 5.26 Å². The number of halogens is 4. The fourth-order valence-corrected chi connectivity index (χ4v) is 2.82. The van der Waals surface area contributed by atoms with Gasteiger partial charge in [0.2, 0.25) is 0 Å². The van der Waals surface area contributed by atoms with Gasteiger partial charge in [0.05, 0.1) is 31.5 Å². The Morgan fingerprint density at radius 3 is 2.59 bits per heavy atom. The lowest BCUT2D eigenvalue weighted by Crippen LogP contribution is -2.31. The van der Waals surface area contributed by atoms with Crippen LogP contribution in [-0.2, 0) is 9.53 Å². The van der Waals surface area contributed by atoms with E-state index in [9.17, 15) is 33.1 Å². The van der Waals surface area contributed by atoms with Crippen LogP contribution in [-0.4, -0.2) is 35.7 Å². The summed E-state index contributed by atoms with van der Waals surface area (Å²) < 4.78 is 46.0. The van der Waals surface area contributed by atoms with E-state index in [1.54, 1.807) is 0 Å². The highest BCUT2D eigenvalue weighted by Gasteiger charge is 2.31. The van der Waals surface area contributed by atoms with Gasteiger partial charge in [0, 0.05) is 28.6 Å². The number of aliphatic carboxylic acids is 1. The van der Waals surface area contributed by atoms with Crippen LogP contribution in [0.25, 0.3) is 11.1 Å². The maximum atomic E-state index is 12.5. The molecule has 0 amide bonds. The second-order valence-corrected chi connectivity index (χ2v) is 6.18. The summed E-state index contributed by atoms with van der Waals surface area (Å²) in [5.41, 5.74) is -0.154. The van der Waals surface area contributed by atoms with Crippen molar-refractivity contribution in [2.24, 2.45) is 0 Å². The predicted octanol–water partition coefficient (Wildman–Crippen LogP) is 3.60. The number of nitrogens with zero attached hydrogens (tertiary/aromatic N) is 2. The number of aromatic nitrogens is 1. The number of ether oxygens (including phenoxy) is 2. The highest BCUT2D eigenvalue weighted by atomic mass is 35.5. The first-order valence-electron chi connectivity index (χ1n) is 8.01. The van der Waals surface area contributed by atoms with E-state index in [1.165, 1.54) is 25.3 Å². The lowest BCUT2D eigenvalue weighted by atomic mass is 10.0. The van der Waals surface area contributed by atoms with Crippen LogP contribution in [0.5, 0.6) is 5.75 Å². The Morgan fingerprint density at radius 2 is 2.03 bits per heavy atom. The van der Waals surface area contributed by atoms with E-state index >= 15 is 0 Å². The second kappa shape index (κ2) is 8.98. The molecule has 1 aromatic carbocycles. The minimum atomic E-state index is -4.92. The molecule has 1 atom stereocenters. The lowest BCUT2D eigenvalue weighted by molar-refractivity contribution is -0.325. The summed E-state index contributed by atoms with van der Waals surface area (Å²) in [6, 6.07) is 5.72. The number of nitriles is 1. The van der Waals surface area contributed by atoms with Crippen LogP contribution in [0.1, 0.15) is 18.0 Å². The zero-order valence-electron chi connectivity index (χ0n) is 14.9. The van der Waals surface area contributed by atoms with E-state index < -0.39 is 37.0 Å². The van der Waals surface area contributed by atoms with Crippen LogP contribution < -0.4 is 10.3 Å². The van der Waals surface area contributed by atoms with Crippen molar-refractivity contribution in [3.05, 3.63) is 51.4 Å². The fourth-order valence-electron chi connectivity index (χ4n) is 2.65. The molecule has 29 heavy (non-hydrogen) atoms. The van der Waals surface area contributed by atoms with Crippen molar-refractivity contribution in [2.45, 2.75) is 18.8 Å². The third-order valence-corrected chi connectivity index (χ3v) is 4.17. The van der Waals surface area contributed by atoms with Gasteiger partial charge in [-0.3, -0.25) is 14.1 Å². The highest BCUT2D eigenvalue weighted by Crippen LogP contribution is 2.33. The zero-order valence-corrected chi connectivity index (χ0v) is 15.6. The van der Waals surface area contributed by atoms with Gasteiger partial charge in [-0.25, -0.2) is 4.79 Å². The van der Waals surface area contributed by atoms with E-state index in [1.807, 2.05) is 6.07 Å². The Balaban J connectivity index is 2.51. The van der Waals surface area contributed by atoms with Crippen LogP contribution in [0, 0.1) is 11.3 Å². The molecule has 1 N–H and O–H groups in total. The quantitative estimate of drug-likeness (QED) is 0.720. The molecule has 2 aromatic rings. The first kappa shape index (κ1) is 22.3. The van der Waals surface area contributed by atoms with Crippen molar-refractivity contribution in [3.63, 3.8) is 0 Å². The third-order valence-electron chi connectivity index (χ3n) is 3.93. The van der Waals surface area contributed by atoms with E-state index in [2.05, 4.69) is 4.74 Å². The fraction of sp³-hybridized carbons (Fsp3) is 0.278. The summed E-state index contributed by atoms with van der Waals surface area (Å²) in [7, 11) is 1.26. The van der Waals surface area contributed by atoms with Crippen molar-refractivity contribution >= 4 is 17.6 Å². The van der Waals surface area contributed by atoms with Gasteiger partial charge in [-0.15, -0.1) is 13.2 Å². The van der Waals surface area contributed by atoms with Crippen LogP contribution in [0.4, 0.5) is 13.2 Å². The molecule has 0 saturated carbocycles. The average Bonchev–Trinajstić information content (AvgIpc) is 2.64. The lowest BCUT2D eigenvalue weighted by Gasteiger charge is -2.19. The smallest absolute Gasteiger partial charge is 0.495 e. The molecule has 0 bridgehead atoms. The minimum absolute atomic E-state index is 0.0337. The standard InChI is InChI=1S/C18H14ClF3N2O5/c1-28-15-9-24(14(17(26)27)4-5-29-18(20,21)22)16(25)7-13(15)12-6-11(19)3-2-10(12)8-23/h2-3,6-7,9,14H,4-5H2,1H3,(H,26,27). The van der Waals surface area contributed by atoms with E-state index in [0.29, 0.717) is 0 Å². The van der Waals surface area contributed by atoms with Crippen LogP contribution in [0.3, 0.4) is 0 Å². The number of carboxylic acids is 1. The number of methoxy groups -OCH3 is 1. The van der Waals surface area contributed by atoms with Gasteiger partial charge < -0.3 is 9.84 Å². The molecule has 1 unspecified atom stereocenters. The second-order valence-electron chi connectivity index (χ2n) is 5.74. The number of benzene rings is 1. The van der Waals surface area contributed by atoms with Crippen molar-refractivity contribution in [3.8, 4) is 22.9 Å². The molecule has 0 aliphatic heterocycles. The van der Waals surface area contributed by atoms with Gasteiger partial charge >= 0.3 is 12.3 Å². The number of hydrogen-bond donors (Lipinski definition) is 1. The maximum Gasteiger partial charge on any atom is 0.522 e. The molecule has 1 aromatic heterocycles. The number of hydrogen-bond acceptors (Lipinski definition) is 5. The molecule has 11 heteroatoms. The Morgan fingerprint density at radius 1 is 1.34 bits per heavy atom.